The van der Waals surface area contributed by atoms with Gasteiger partial charge in [-0.25, -0.2) is 4.98 Å². The van der Waals surface area contributed by atoms with E-state index in [9.17, 15) is 0 Å². The lowest BCUT2D eigenvalue weighted by atomic mass is 9.99. The number of anilines is 1. The molecule has 1 saturated heterocycles. The van der Waals surface area contributed by atoms with E-state index >= 15 is 0 Å². The second-order valence-electron chi connectivity index (χ2n) is 5.44. The molecule has 1 aromatic heterocycles. The fraction of sp³-hybridized carbons (Fsp3) is 0.786. The average Bonchev–Trinajstić information content (AvgIpc) is 2.43. The van der Waals surface area contributed by atoms with Crippen LogP contribution in [-0.4, -0.2) is 41.4 Å². The van der Waals surface area contributed by atoms with Crippen molar-refractivity contribution in [1.29, 1.82) is 0 Å². The van der Waals surface area contributed by atoms with Crippen molar-refractivity contribution in [2.24, 2.45) is 5.92 Å². The van der Waals surface area contributed by atoms with Crippen LogP contribution in [0, 0.1) is 19.8 Å². The standard InChI is InChI=1S/C14H25N5/c1-4-8-19(10-13-6-5-7-15-9-13)14-16-11(2)12(3)17-18-14/h13,15H,4-10H2,1-3H3. The topological polar surface area (TPSA) is 53.9 Å². The third-order valence-electron chi connectivity index (χ3n) is 3.73. The Morgan fingerprint density at radius 1 is 1.26 bits per heavy atom. The third kappa shape index (κ3) is 3.86. The summed E-state index contributed by atoms with van der Waals surface area (Å²) in [6.07, 6.45) is 3.68. The Kier molecular flexibility index (Phi) is 5.07. The van der Waals surface area contributed by atoms with E-state index in [4.69, 9.17) is 0 Å². The van der Waals surface area contributed by atoms with Crippen LogP contribution in [0.1, 0.15) is 37.6 Å². The second-order valence-corrected chi connectivity index (χ2v) is 5.44. The predicted octanol–water partition coefficient (Wildman–Crippen LogP) is 1.70. The number of piperidine rings is 1. The monoisotopic (exact) mass is 263 g/mol. The van der Waals surface area contributed by atoms with Crippen molar-refractivity contribution >= 4 is 5.95 Å². The highest BCUT2D eigenvalue weighted by molar-refractivity contribution is 5.29. The number of hydrogen-bond acceptors (Lipinski definition) is 5. The van der Waals surface area contributed by atoms with Crippen molar-refractivity contribution in [1.82, 2.24) is 20.5 Å². The van der Waals surface area contributed by atoms with Crippen molar-refractivity contribution in [2.75, 3.05) is 31.1 Å². The zero-order chi connectivity index (χ0) is 13.7. The molecule has 0 spiro atoms. The Bertz CT molecular complexity index is 401. The normalized spacial score (nSPS) is 19.4. The SMILES string of the molecule is CCCN(CC1CCCNC1)c1nnc(C)c(C)n1. The minimum atomic E-state index is 0.700. The van der Waals surface area contributed by atoms with Gasteiger partial charge in [0, 0.05) is 13.1 Å². The summed E-state index contributed by atoms with van der Waals surface area (Å²) < 4.78 is 0. The van der Waals surface area contributed by atoms with E-state index in [0.717, 1.165) is 49.9 Å². The summed E-state index contributed by atoms with van der Waals surface area (Å²) in [5.74, 6) is 1.49. The predicted molar refractivity (Wildman–Crippen MR) is 77.4 cm³/mol. The van der Waals surface area contributed by atoms with Gasteiger partial charge in [-0.2, -0.15) is 5.10 Å². The van der Waals surface area contributed by atoms with E-state index in [-0.39, 0.29) is 0 Å². The van der Waals surface area contributed by atoms with Crippen molar-refractivity contribution in [2.45, 2.75) is 40.0 Å². The molecule has 1 aromatic rings. The molecule has 1 N–H and O–H groups in total. The van der Waals surface area contributed by atoms with Crippen molar-refractivity contribution in [3.05, 3.63) is 11.4 Å². The van der Waals surface area contributed by atoms with Gasteiger partial charge in [-0.3, -0.25) is 0 Å². The first-order valence-corrected chi connectivity index (χ1v) is 7.34. The van der Waals surface area contributed by atoms with Gasteiger partial charge in [0.05, 0.1) is 11.4 Å². The molecule has 2 heterocycles. The lowest BCUT2D eigenvalue weighted by molar-refractivity contribution is 0.375. The molecule has 0 amide bonds. The Hall–Kier alpha value is -1.23. The molecule has 0 aliphatic carbocycles. The van der Waals surface area contributed by atoms with E-state index in [1.807, 2.05) is 13.8 Å². The van der Waals surface area contributed by atoms with Crippen LogP contribution in [0.5, 0.6) is 0 Å². The fourth-order valence-corrected chi connectivity index (χ4v) is 2.51. The second kappa shape index (κ2) is 6.80. The lowest BCUT2D eigenvalue weighted by Gasteiger charge is -2.30. The largest absolute Gasteiger partial charge is 0.339 e. The van der Waals surface area contributed by atoms with Crippen LogP contribution in [0.2, 0.25) is 0 Å². The molecule has 106 valence electrons. The number of aromatic nitrogens is 3. The minimum Gasteiger partial charge on any atom is -0.339 e. The molecule has 0 saturated carbocycles. The average molecular weight is 263 g/mol. The van der Waals surface area contributed by atoms with Gasteiger partial charge in [0.1, 0.15) is 0 Å². The molecule has 2 rings (SSSR count). The first kappa shape index (κ1) is 14.2. The van der Waals surface area contributed by atoms with Crippen LogP contribution in [0.25, 0.3) is 0 Å². The first-order chi connectivity index (χ1) is 9.20. The number of hydrogen-bond donors (Lipinski definition) is 1. The van der Waals surface area contributed by atoms with Crippen LogP contribution in [0.3, 0.4) is 0 Å². The fourth-order valence-electron chi connectivity index (χ4n) is 2.51. The molecular weight excluding hydrogens is 238 g/mol. The Balaban J connectivity index is 2.07. The molecule has 1 aliphatic heterocycles. The Morgan fingerprint density at radius 2 is 2.11 bits per heavy atom. The van der Waals surface area contributed by atoms with E-state index in [0.29, 0.717) is 5.92 Å². The summed E-state index contributed by atoms with van der Waals surface area (Å²) in [6, 6.07) is 0. The van der Waals surface area contributed by atoms with E-state index in [1.54, 1.807) is 0 Å². The minimum absolute atomic E-state index is 0.700. The third-order valence-corrected chi connectivity index (χ3v) is 3.73. The maximum absolute atomic E-state index is 4.59. The van der Waals surface area contributed by atoms with Gasteiger partial charge >= 0.3 is 0 Å². The molecule has 0 bridgehead atoms. The number of rotatable bonds is 5. The maximum atomic E-state index is 4.59. The lowest BCUT2D eigenvalue weighted by Crippen LogP contribution is -2.39. The Morgan fingerprint density at radius 3 is 2.74 bits per heavy atom. The molecule has 0 aromatic carbocycles. The highest BCUT2D eigenvalue weighted by Crippen LogP contribution is 2.16. The molecule has 19 heavy (non-hydrogen) atoms. The summed E-state index contributed by atoms with van der Waals surface area (Å²) >= 11 is 0. The van der Waals surface area contributed by atoms with Crippen molar-refractivity contribution in [3.8, 4) is 0 Å². The molecule has 0 radical (unpaired) electrons. The van der Waals surface area contributed by atoms with E-state index in [2.05, 4.69) is 32.3 Å². The maximum Gasteiger partial charge on any atom is 0.245 e. The van der Waals surface area contributed by atoms with Crippen molar-refractivity contribution in [3.63, 3.8) is 0 Å². The summed E-state index contributed by atoms with van der Waals surface area (Å²) in [5.41, 5.74) is 1.90. The smallest absolute Gasteiger partial charge is 0.245 e. The molecule has 1 fully saturated rings. The van der Waals surface area contributed by atoms with E-state index in [1.165, 1.54) is 12.8 Å². The van der Waals surface area contributed by atoms with Crippen LogP contribution in [-0.2, 0) is 0 Å². The summed E-state index contributed by atoms with van der Waals surface area (Å²) in [7, 11) is 0. The van der Waals surface area contributed by atoms with Gasteiger partial charge in [-0.1, -0.05) is 6.92 Å². The van der Waals surface area contributed by atoms with E-state index < -0.39 is 0 Å². The van der Waals surface area contributed by atoms with Crippen molar-refractivity contribution < 1.29 is 0 Å². The molecule has 1 atom stereocenters. The van der Waals surface area contributed by atoms with Gasteiger partial charge in [-0.15, -0.1) is 5.10 Å². The molecule has 1 aliphatic rings. The van der Waals surface area contributed by atoms with Crippen LogP contribution in [0.15, 0.2) is 0 Å². The van der Waals surface area contributed by atoms with Gasteiger partial charge in [0.2, 0.25) is 5.95 Å². The summed E-state index contributed by atoms with van der Waals surface area (Å²) in [5, 5.41) is 11.9. The number of nitrogens with one attached hydrogen (secondary N) is 1. The summed E-state index contributed by atoms with van der Waals surface area (Å²) in [4.78, 5) is 6.88. The molecule has 5 heteroatoms. The molecule has 5 nitrogen and oxygen atoms in total. The first-order valence-electron chi connectivity index (χ1n) is 7.34. The quantitative estimate of drug-likeness (QED) is 0.876. The number of aryl methyl sites for hydroxylation is 2. The van der Waals surface area contributed by atoms with Crippen LogP contribution >= 0.6 is 0 Å². The zero-order valence-corrected chi connectivity index (χ0v) is 12.3. The molecular formula is C14H25N5. The zero-order valence-electron chi connectivity index (χ0n) is 12.3. The highest BCUT2D eigenvalue weighted by atomic mass is 15.3. The highest BCUT2D eigenvalue weighted by Gasteiger charge is 2.19. The van der Waals surface area contributed by atoms with Gasteiger partial charge in [-0.05, 0) is 52.1 Å². The van der Waals surface area contributed by atoms with Gasteiger partial charge in [0.25, 0.3) is 0 Å². The van der Waals surface area contributed by atoms with Gasteiger partial charge in [0.15, 0.2) is 0 Å². The van der Waals surface area contributed by atoms with Gasteiger partial charge < -0.3 is 10.2 Å². The number of nitrogens with zero attached hydrogens (tertiary/aromatic N) is 4. The van der Waals surface area contributed by atoms with Crippen LogP contribution in [0.4, 0.5) is 5.95 Å². The molecule has 1 unspecified atom stereocenters. The van der Waals surface area contributed by atoms with Crippen LogP contribution < -0.4 is 10.2 Å². The Labute approximate surface area is 115 Å². The summed E-state index contributed by atoms with van der Waals surface area (Å²) in [6.45, 7) is 10.4.